The topological polar surface area (TPSA) is 52.6 Å². The minimum atomic E-state index is -0.827. The van der Waals surface area contributed by atoms with Gasteiger partial charge < -0.3 is 15.3 Å². The van der Waals surface area contributed by atoms with Gasteiger partial charge in [-0.05, 0) is 13.8 Å². The summed E-state index contributed by atoms with van der Waals surface area (Å²) in [7, 11) is 1.74. The van der Waals surface area contributed by atoms with Crippen LogP contribution < -0.4 is 5.32 Å². The third kappa shape index (κ3) is 4.40. The average Bonchev–Trinajstić information content (AvgIpc) is 2.15. The molecule has 4 nitrogen and oxygen atoms in total. The van der Waals surface area contributed by atoms with E-state index in [-0.39, 0.29) is 11.9 Å². The maximum atomic E-state index is 11.9. The first-order valence-electron chi connectivity index (χ1n) is 5.18. The van der Waals surface area contributed by atoms with Crippen LogP contribution in [0.15, 0.2) is 0 Å². The number of nitrogens with zero attached hydrogens (tertiary/aromatic N) is 1. The normalized spacial score (nSPS) is 22.5. The number of hydrogen-bond acceptors (Lipinski definition) is 4. The van der Waals surface area contributed by atoms with Gasteiger partial charge in [-0.2, -0.15) is 11.8 Å². The SMILES string of the molecule is CN(CC(C)(C)O)C(=O)C1CSCCN1. The second-order valence-corrected chi connectivity index (χ2v) is 5.74. The quantitative estimate of drug-likeness (QED) is 0.715. The standard InChI is InChI=1S/C10H20N2O2S/c1-10(2,14)7-12(3)9(13)8-6-15-5-4-11-8/h8,11,14H,4-7H2,1-3H3. The lowest BCUT2D eigenvalue weighted by Gasteiger charge is -2.30. The lowest BCUT2D eigenvalue weighted by atomic mass is 10.1. The van der Waals surface area contributed by atoms with Gasteiger partial charge in [0.25, 0.3) is 0 Å². The molecule has 15 heavy (non-hydrogen) atoms. The third-order valence-corrected chi connectivity index (χ3v) is 3.28. The van der Waals surface area contributed by atoms with E-state index in [0.29, 0.717) is 6.54 Å². The Morgan fingerprint density at radius 1 is 1.67 bits per heavy atom. The lowest BCUT2D eigenvalue weighted by molar-refractivity contribution is -0.134. The van der Waals surface area contributed by atoms with Crippen LogP contribution in [-0.4, -0.2) is 59.2 Å². The number of nitrogens with one attached hydrogen (secondary N) is 1. The number of carbonyl (C=O) groups excluding carboxylic acids is 1. The van der Waals surface area contributed by atoms with Gasteiger partial charge in [-0.15, -0.1) is 0 Å². The largest absolute Gasteiger partial charge is 0.389 e. The van der Waals surface area contributed by atoms with Crippen molar-refractivity contribution < 1.29 is 9.90 Å². The molecule has 0 aliphatic carbocycles. The number of hydrogen-bond donors (Lipinski definition) is 2. The van der Waals surface area contributed by atoms with E-state index in [1.54, 1.807) is 37.6 Å². The smallest absolute Gasteiger partial charge is 0.240 e. The fourth-order valence-corrected chi connectivity index (χ4v) is 2.57. The van der Waals surface area contributed by atoms with Gasteiger partial charge in [-0.1, -0.05) is 0 Å². The summed E-state index contributed by atoms with van der Waals surface area (Å²) in [5.74, 6) is 1.97. The van der Waals surface area contributed by atoms with E-state index in [1.165, 1.54) is 0 Å². The molecule has 1 amide bonds. The Kier molecular flexibility index (Phi) is 4.43. The molecular formula is C10H20N2O2S. The van der Waals surface area contributed by atoms with Gasteiger partial charge in [0.15, 0.2) is 0 Å². The van der Waals surface area contributed by atoms with Crippen molar-refractivity contribution in [2.45, 2.75) is 25.5 Å². The van der Waals surface area contributed by atoms with Crippen molar-refractivity contribution in [2.75, 3.05) is 31.6 Å². The molecule has 1 atom stereocenters. The second kappa shape index (κ2) is 5.18. The van der Waals surface area contributed by atoms with E-state index in [2.05, 4.69) is 5.32 Å². The summed E-state index contributed by atoms with van der Waals surface area (Å²) in [5.41, 5.74) is -0.827. The zero-order valence-corrected chi connectivity index (χ0v) is 10.4. The highest BCUT2D eigenvalue weighted by Gasteiger charge is 2.26. The molecule has 1 aliphatic rings. The number of aliphatic hydroxyl groups is 1. The Hall–Kier alpha value is -0.260. The van der Waals surface area contributed by atoms with Gasteiger partial charge in [0.1, 0.15) is 0 Å². The predicted octanol–water partition coefficient (Wildman–Crippen LogP) is -0.0793. The molecule has 88 valence electrons. The molecule has 1 heterocycles. The van der Waals surface area contributed by atoms with Gasteiger partial charge in [0.05, 0.1) is 11.6 Å². The predicted molar refractivity (Wildman–Crippen MR) is 63.1 cm³/mol. The molecule has 1 aliphatic heterocycles. The highest BCUT2D eigenvalue weighted by molar-refractivity contribution is 7.99. The van der Waals surface area contributed by atoms with Crippen molar-refractivity contribution in [3.63, 3.8) is 0 Å². The first kappa shape index (κ1) is 12.8. The van der Waals surface area contributed by atoms with Gasteiger partial charge in [0.2, 0.25) is 5.91 Å². The summed E-state index contributed by atoms with van der Waals surface area (Å²) in [6.45, 7) is 4.67. The molecule has 1 saturated heterocycles. The van der Waals surface area contributed by atoms with E-state index in [9.17, 15) is 9.90 Å². The fourth-order valence-electron chi connectivity index (χ4n) is 1.65. The number of carbonyl (C=O) groups is 1. The molecule has 0 aromatic carbocycles. The Balaban J connectivity index is 2.44. The van der Waals surface area contributed by atoms with E-state index in [1.807, 2.05) is 0 Å². The number of thioether (sulfide) groups is 1. The zero-order valence-electron chi connectivity index (χ0n) is 9.62. The zero-order chi connectivity index (χ0) is 11.5. The minimum absolute atomic E-state index is 0.0734. The van der Waals surface area contributed by atoms with Crippen molar-refractivity contribution in [1.29, 1.82) is 0 Å². The summed E-state index contributed by atoms with van der Waals surface area (Å²) >= 11 is 1.79. The molecule has 1 unspecified atom stereocenters. The van der Waals surface area contributed by atoms with Crippen LogP contribution in [0.4, 0.5) is 0 Å². The van der Waals surface area contributed by atoms with E-state index < -0.39 is 5.60 Å². The molecule has 0 aromatic heterocycles. The molecule has 0 saturated carbocycles. The monoisotopic (exact) mass is 232 g/mol. The highest BCUT2D eigenvalue weighted by Crippen LogP contribution is 2.11. The Morgan fingerprint density at radius 3 is 2.80 bits per heavy atom. The number of amides is 1. The Bertz CT molecular complexity index is 222. The third-order valence-electron chi connectivity index (χ3n) is 2.22. The summed E-state index contributed by atoms with van der Waals surface area (Å²) < 4.78 is 0. The maximum absolute atomic E-state index is 11.9. The minimum Gasteiger partial charge on any atom is -0.389 e. The van der Waals surface area contributed by atoms with Crippen LogP contribution >= 0.6 is 11.8 Å². The van der Waals surface area contributed by atoms with Crippen LogP contribution in [0.25, 0.3) is 0 Å². The Morgan fingerprint density at radius 2 is 2.33 bits per heavy atom. The van der Waals surface area contributed by atoms with Gasteiger partial charge in [0, 0.05) is 31.6 Å². The number of rotatable bonds is 3. The average molecular weight is 232 g/mol. The van der Waals surface area contributed by atoms with E-state index >= 15 is 0 Å². The molecular weight excluding hydrogens is 212 g/mol. The summed E-state index contributed by atoms with van der Waals surface area (Å²) in [6, 6.07) is -0.0869. The summed E-state index contributed by atoms with van der Waals surface area (Å²) in [5, 5.41) is 12.8. The fraction of sp³-hybridized carbons (Fsp3) is 0.900. The first-order valence-corrected chi connectivity index (χ1v) is 6.34. The van der Waals surface area contributed by atoms with Crippen LogP contribution in [-0.2, 0) is 4.79 Å². The molecule has 0 aromatic rings. The number of likely N-dealkylation sites (N-methyl/N-ethyl adjacent to an activating group) is 1. The van der Waals surface area contributed by atoms with Crippen molar-refractivity contribution in [3.05, 3.63) is 0 Å². The van der Waals surface area contributed by atoms with Crippen molar-refractivity contribution in [1.82, 2.24) is 10.2 Å². The van der Waals surface area contributed by atoms with Gasteiger partial charge >= 0.3 is 0 Å². The highest BCUT2D eigenvalue weighted by atomic mass is 32.2. The molecule has 0 radical (unpaired) electrons. The summed E-state index contributed by atoms with van der Waals surface area (Å²) in [4.78, 5) is 13.5. The lowest BCUT2D eigenvalue weighted by Crippen LogP contribution is -2.52. The van der Waals surface area contributed by atoms with Crippen LogP contribution in [0, 0.1) is 0 Å². The molecule has 0 bridgehead atoms. The Labute approximate surface area is 95.4 Å². The molecule has 1 fully saturated rings. The van der Waals surface area contributed by atoms with Crippen LogP contribution in [0.1, 0.15) is 13.8 Å². The van der Waals surface area contributed by atoms with Crippen molar-refractivity contribution >= 4 is 17.7 Å². The van der Waals surface area contributed by atoms with E-state index in [0.717, 1.165) is 18.1 Å². The van der Waals surface area contributed by atoms with Gasteiger partial charge in [-0.25, -0.2) is 0 Å². The maximum Gasteiger partial charge on any atom is 0.240 e. The van der Waals surface area contributed by atoms with Crippen molar-refractivity contribution in [3.8, 4) is 0 Å². The van der Waals surface area contributed by atoms with E-state index in [4.69, 9.17) is 0 Å². The molecule has 5 heteroatoms. The summed E-state index contributed by atoms with van der Waals surface area (Å²) in [6.07, 6.45) is 0. The van der Waals surface area contributed by atoms with Crippen molar-refractivity contribution in [2.24, 2.45) is 0 Å². The van der Waals surface area contributed by atoms with Crippen LogP contribution in [0.5, 0.6) is 0 Å². The second-order valence-electron chi connectivity index (χ2n) is 4.59. The molecule has 2 N–H and O–H groups in total. The van der Waals surface area contributed by atoms with Crippen LogP contribution in [0.2, 0.25) is 0 Å². The molecule has 0 spiro atoms. The molecule has 1 rings (SSSR count). The first-order chi connectivity index (χ1) is 6.90. The van der Waals surface area contributed by atoms with Crippen LogP contribution in [0.3, 0.4) is 0 Å². The van der Waals surface area contributed by atoms with Gasteiger partial charge in [-0.3, -0.25) is 4.79 Å².